The second kappa shape index (κ2) is 9.07. The van der Waals surface area contributed by atoms with Gasteiger partial charge in [0.05, 0.1) is 6.61 Å². The molecule has 2 amide bonds. The number of carbonyl (C=O) groups excluding carboxylic acids is 2. The van der Waals surface area contributed by atoms with Crippen molar-refractivity contribution < 1.29 is 14.3 Å². The standard InChI is InChI=1S/C15H23N3O3/c1-4-5-9-18(2)15(20)13-11-12(6-7-16-13)14(19)17-8-10-21-3/h6-7,11H,4-5,8-10H2,1-3H3,(H,17,19). The van der Waals surface area contributed by atoms with Crippen molar-refractivity contribution in [2.45, 2.75) is 19.8 Å². The van der Waals surface area contributed by atoms with Crippen LogP contribution in [0, 0.1) is 0 Å². The Morgan fingerprint density at radius 1 is 1.43 bits per heavy atom. The molecule has 1 rings (SSSR count). The number of pyridine rings is 1. The number of ether oxygens (including phenoxy) is 1. The normalized spacial score (nSPS) is 10.2. The van der Waals surface area contributed by atoms with Crippen LogP contribution in [0.4, 0.5) is 0 Å². The van der Waals surface area contributed by atoms with Crippen LogP contribution in [0.1, 0.15) is 40.6 Å². The Hall–Kier alpha value is -1.95. The molecule has 0 bridgehead atoms. The summed E-state index contributed by atoms with van der Waals surface area (Å²) in [5.41, 5.74) is 0.710. The fourth-order valence-electron chi connectivity index (χ4n) is 1.75. The predicted molar refractivity (Wildman–Crippen MR) is 80.3 cm³/mol. The smallest absolute Gasteiger partial charge is 0.272 e. The van der Waals surface area contributed by atoms with E-state index in [-0.39, 0.29) is 17.5 Å². The van der Waals surface area contributed by atoms with Crippen LogP contribution in [0.5, 0.6) is 0 Å². The van der Waals surface area contributed by atoms with Gasteiger partial charge in [-0.15, -0.1) is 0 Å². The molecule has 116 valence electrons. The van der Waals surface area contributed by atoms with E-state index >= 15 is 0 Å². The Bertz CT molecular complexity index is 477. The third kappa shape index (κ3) is 5.51. The van der Waals surface area contributed by atoms with E-state index in [0.29, 0.717) is 25.3 Å². The van der Waals surface area contributed by atoms with Crippen molar-refractivity contribution in [2.24, 2.45) is 0 Å². The van der Waals surface area contributed by atoms with Crippen molar-refractivity contribution in [3.8, 4) is 0 Å². The van der Waals surface area contributed by atoms with Gasteiger partial charge in [0.15, 0.2) is 0 Å². The van der Waals surface area contributed by atoms with Crippen molar-refractivity contribution in [1.82, 2.24) is 15.2 Å². The molecule has 0 saturated carbocycles. The number of nitrogens with one attached hydrogen (secondary N) is 1. The summed E-state index contributed by atoms with van der Waals surface area (Å²) in [6.45, 7) is 3.63. The maximum atomic E-state index is 12.2. The Labute approximate surface area is 125 Å². The Kier molecular flexibility index (Phi) is 7.39. The van der Waals surface area contributed by atoms with Crippen molar-refractivity contribution in [2.75, 3.05) is 33.9 Å². The molecule has 0 atom stereocenters. The second-order valence-electron chi connectivity index (χ2n) is 4.76. The van der Waals surface area contributed by atoms with Gasteiger partial charge in [0.2, 0.25) is 0 Å². The molecule has 1 aromatic heterocycles. The van der Waals surface area contributed by atoms with Crippen molar-refractivity contribution in [3.05, 3.63) is 29.6 Å². The first-order valence-corrected chi connectivity index (χ1v) is 7.08. The monoisotopic (exact) mass is 293 g/mol. The molecule has 0 aliphatic carbocycles. The van der Waals surface area contributed by atoms with Gasteiger partial charge < -0.3 is 15.0 Å². The average molecular weight is 293 g/mol. The van der Waals surface area contributed by atoms with E-state index in [1.165, 1.54) is 12.3 Å². The van der Waals surface area contributed by atoms with E-state index in [0.717, 1.165) is 12.8 Å². The summed E-state index contributed by atoms with van der Waals surface area (Å²) in [4.78, 5) is 29.8. The van der Waals surface area contributed by atoms with Crippen molar-refractivity contribution in [1.29, 1.82) is 0 Å². The molecule has 0 spiro atoms. The number of carbonyl (C=O) groups is 2. The molecule has 0 saturated heterocycles. The van der Waals surface area contributed by atoms with Crippen molar-refractivity contribution in [3.63, 3.8) is 0 Å². The molecule has 1 heterocycles. The zero-order valence-corrected chi connectivity index (χ0v) is 12.9. The Balaban J connectivity index is 2.71. The minimum Gasteiger partial charge on any atom is -0.383 e. The van der Waals surface area contributed by atoms with Gasteiger partial charge in [-0.2, -0.15) is 0 Å². The number of amides is 2. The summed E-state index contributed by atoms with van der Waals surface area (Å²) < 4.78 is 4.87. The first kappa shape index (κ1) is 17.1. The highest BCUT2D eigenvalue weighted by Gasteiger charge is 2.15. The van der Waals surface area contributed by atoms with Crippen LogP contribution in [-0.4, -0.2) is 55.6 Å². The molecule has 0 unspecified atom stereocenters. The number of nitrogens with zero attached hydrogens (tertiary/aromatic N) is 2. The molecule has 0 radical (unpaired) electrons. The minimum atomic E-state index is -0.236. The molecule has 0 aliphatic heterocycles. The number of unbranched alkanes of at least 4 members (excludes halogenated alkanes) is 1. The fourth-order valence-corrected chi connectivity index (χ4v) is 1.75. The zero-order valence-electron chi connectivity index (χ0n) is 12.9. The average Bonchev–Trinajstić information content (AvgIpc) is 2.52. The lowest BCUT2D eigenvalue weighted by Gasteiger charge is -2.16. The number of methoxy groups -OCH3 is 1. The molecule has 0 fully saturated rings. The number of hydrogen-bond donors (Lipinski definition) is 1. The number of hydrogen-bond acceptors (Lipinski definition) is 4. The third-order valence-corrected chi connectivity index (χ3v) is 3.03. The molecule has 21 heavy (non-hydrogen) atoms. The summed E-state index contributed by atoms with van der Waals surface area (Å²) in [6.07, 6.45) is 3.44. The third-order valence-electron chi connectivity index (χ3n) is 3.03. The molecular formula is C15H23N3O3. The molecule has 1 aromatic rings. The largest absolute Gasteiger partial charge is 0.383 e. The summed E-state index contributed by atoms with van der Waals surface area (Å²) in [6, 6.07) is 3.11. The predicted octanol–water partition coefficient (Wildman–Crippen LogP) is 1.33. The van der Waals surface area contributed by atoms with Gasteiger partial charge in [0.1, 0.15) is 5.69 Å². The maximum Gasteiger partial charge on any atom is 0.272 e. The highest BCUT2D eigenvalue weighted by atomic mass is 16.5. The quantitative estimate of drug-likeness (QED) is 0.734. The lowest BCUT2D eigenvalue weighted by molar-refractivity contribution is 0.0787. The van der Waals surface area contributed by atoms with Gasteiger partial charge >= 0.3 is 0 Å². The van der Waals surface area contributed by atoms with Gasteiger partial charge in [-0.05, 0) is 18.6 Å². The van der Waals surface area contributed by atoms with E-state index in [1.807, 2.05) is 0 Å². The van der Waals surface area contributed by atoms with Gasteiger partial charge in [0, 0.05) is 39.0 Å². The van der Waals surface area contributed by atoms with Gasteiger partial charge in [-0.3, -0.25) is 14.6 Å². The van der Waals surface area contributed by atoms with E-state index in [9.17, 15) is 9.59 Å². The van der Waals surface area contributed by atoms with E-state index in [2.05, 4.69) is 17.2 Å². The fraction of sp³-hybridized carbons (Fsp3) is 0.533. The minimum absolute atomic E-state index is 0.171. The van der Waals surface area contributed by atoms with Crippen LogP contribution < -0.4 is 5.32 Å². The summed E-state index contributed by atoms with van der Waals surface area (Å²) >= 11 is 0. The summed E-state index contributed by atoms with van der Waals surface area (Å²) in [7, 11) is 3.31. The second-order valence-corrected chi connectivity index (χ2v) is 4.76. The summed E-state index contributed by atoms with van der Waals surface area (Å²) in [5, 5.41) is 2.71. The van der Waals surface area contributed by atoms with E-state index in [1.54, 1.807) is 25.1 Å². The topological polar surface area (TPSA) is 71.5 Å². The molecule has 6 heteroatoms. The van der Waals surface area contributed by atoms with Crippen LogP contribution in [0.3, 0.4) is 0 Å². The lowest BCUT2D eigenvalue weighted by Crippen LogP contribution is -2.30. The Morgan fingerprint density at radius 2 is 2.19 bits per heavy atom. The van der Waals surface area contributed by atoms with Crippen LogP contribution in [0.15, 0.2) is 18.3 Å². The molecular weight excluding hydrogens is 270 g/mol. The van der Waals surface area contributed by atoms with Crippen LogP contribution in [0.25, 0.3) is 0 Å². The Morgan fingerprint density at radius 3 is 2.86 bits per heavy atom. The first-order valence-electron chi connectivity index (χ1n) is 7.08. The van der Waals surface area contributed by atoms with Gasteiger partial charge in [-0.1, -0.05) is 13.3 Å². The zero-order chi connectivity index (χ0) is 15.7. The molecule has 0 aromatic carbocycles. The number of rotatable bonds is 8. The van der Waals surface area contributed by atoms with Crippen LogP contribution in [-0.2, 0) is 4.74 Å². The number of aromatic nitrogens is 1. The van der Waals surface area contributed by atoms with Gasteiger partial charge in [-0.25, -0.2) is 0 Å². The lowest BCUT2D eigenvalue weighted by atomic mass is 10.2. The summed E-state index contributed by atoms with van der Waals surface area (Å²) in [5.74, 6) is -0.408. The SMILES string of the molecule is CCCCN(C)C(=O)c1cc(C(=O)NCCOC)ccn1. The molecule has 6 nitrogen and oxygen atoms in total. The molecule has 0 aliphatic rings. The molecule has 1 N–H and O–H groups in total. The highest BCUT2D eigenvalue weighted by Crippen LogP contribution is 2.06. The van der Waals surface area contributed by atoms with E-state index in [4.69, 9.17) is 4.74 Å². The highest BCUT2D eigenvalue weighted by molar-refractivity contribution is 5.98. The van der Waals surface area contributed by atoms with Crippen molar-refractivity contribution >= 4 is 11.8 Å². The first-order chi connectivity index (χ1) is 10.1. The maximum absolute atomic E-state index is 12.2. The van der Waals surface area contributed by atoms with E-state index < -0.39 is 0 Å². The van der Waals surface area contributed by atoms with Crippen LogP contribution in [0.2, 0.25) is 0 Å². The van der Waals surface area contributed by atoms with Gasteiger partial charge in [0.25, 0.3) is 11.8 Å². The van der Waals surface area contributed by atoms with Crippen LogP contribution >= 0.6 is 0 Å².